The van der Waals surface area contributed by atoms with Crippen molar-refractivity contribution < 1.29 is 37.2 Å². The molecule has 1 N–H and O–H groups in total. The summed E-state index contributed by atoms with van der Waals surface area (Å²) in [7, 11) is -4.01. The number of carbonyl (C=O) groups excluding carboxylic acids is 2. The molecule has 30 heavy (non-hydrogen) atoms. The first-order valence-electron chi connectivity index (χ1n) is 9.49. The van der Waals surface area contributed by atoms with Crippen LogP contribution in [-0.2, 0) is 39.0 Å². The van der Waals surface area contributed by atoms with Crippen LogP contribution in [0, 0.1) is 0 Å². The molecule has 0 aromatic heterocycles. The number of alkyl carbamates (subject to hydrolysis) is 1. The van der Waals surface area contributed by atoms with Gasteiger partial charge < -0.3 is 14.8 Å². The Balaban J connectivity index is 2.49. The zero-order chi connectivity index (χ0) is 23.0. The number of carbonyl (C=O) groups is 2. The summed E-state index contributed by atoms with van der Waals surface area (Å²) in [4.78, 5) is 23.9. The van der Waals surface area contributed by atoms with Crippen molar-refractivity contribution in [1.82, 2.24) is 5.32 Å². The number of phosphoric ester groups is 1. The lowest BCUT2D eigenvalue weighted by Crippen LogP contribution is -2.40. The van der Waals surface area contributed by atoms with E-state index in [1.165, 1.54) is 6.92 Å². The Hall–Kier alpha value is -1.93. The van der Waals surface area contributed by atoms with Crippen molar-refractivity contribution in [3.05, 3.63) is 35.9 Å². The maximum atomic E-state index is 12.8. The Morgan fingerprint density at radius 2 is 1.50 bits per heavy atom. The maximum Gasteiger partial charge on any atom is 0.478 e. The Bertz CT molecular complexity index is 719. The molecule has 0 bridgehead atoms. The molecule has 0 unspecified atom stereocenters. The van der Waals surface area contributed by atoms with Gasteiger partial charge in [-0.05, 0) is 54.0 Å². The fourth-order valence-electron chi connectivity index (χ4n) is 2.02. The average Bonchev–Trinajstić information content (AvgIpc) is 2.56. The molecule has 0 saturated carbocycles. The van der Waals surface area contributed by atoms with Gasteiger partial charge in [0.25, 0.3) is 0 Å². The van der Waals surface area contributed by atoms with Gasteiger partial charge in [-0.1, -0.05) is 30.3 Å². The molecule has 0 fully saturated rings. The van der Waals surface area contributed by atoms with Gasteiger partial charge in [-0.15, -0.1) is 0 Å². The highest BCUT2D eigenvalue weighted by molar-refractivity contribution is 7.48. The first kappa shape index (κ1) is 26.1. The molecule has 0 aliphatic carbocycles. The Morgan fingerprint density at radius 3 is 2.00 bits per heavy atom. The van der Waals surface area contributed by atoms with E-state index in [9.17, 15) is 14.2 Å². The van der Waals surface area contributed by atoms with Crippen LogP contribution in [-0.4, -0.2) is 36.1 Å². The van der Waals surface area contributed by atoms with E-state index in [1.54, 1.807) is 41.5 Å². The number of nitrogens with one attached hydrogen (secondary N) is 1. The van der Waals surface area contributed by atoms with Gasteiger partial charge in [-0.3, -0.25) is 9.05 Å². The molecular formula is C20H32NO8P. The van der Waals surface area contributed by atoms with Crippen molar-refractivity contribution in [1.29, 1.82) is 0 Å². The van der Waals surface area contributed by atoms with Gasteiger partial charge in [0.2, 0.25) is 6.79 Å². The van der Waals surface area contributed by atoms with E-state index in [2.05, 4.69) is 5.32 Å². The van der Waals surface area contributed by atoms with Crippen LogP contribution < -0.4 is 5.32 Å². The molecule has 1 amide bonds. The highest BCUT2D eigenvalue weighted by atomic mass is 31.2. The van der Waals surface area contributed by atoms with Crippen molar-refractivity contribution in [3.8, 4) is 0 Å². The minimum atomic E-state index is -4.01. The molecule has 0 aliphatic heterocycles. The predicted octanol–water partition coefficient (Wildman–Crippen LogP) is 4.56. The van der Waals surface area contributed by atoms with Crippen molar-refractivity contribution in [2.24, 2.45) is 0 Å². The van der Waals surface area contributed by atoms with Crippen LogP contribution in [0.5, 0.6) is 0 Å². The summed E-state index contributed by atoms with van der Waals surface area (Å²) in [6.07, 6.45) is -0.947. The zero-order valence-electron chi connectivity index (χ0n) is 18.6. The number of phosphoric acid groups is 1. The second-order valence-corrected chi connectivity index (χ2v) is 10.0. The van der Waals surface area contributed by atoms with Gasteiger partial charge in [0.1, 0.15) is 12.6 Å². The Morgan fingerprint density at radius 1 is 0.967 bits per heavy atom. The van der Waals surface area contributed by atoms with Crippen molar-refractivity contribution in [3.63, 3.8) is 0 Å². The van der Waals surface area contributed by atoms with E-state index in [0.29, 0.717) is 0 Å². The number of hydrogen-bond donors (Lipinski definition) is 1. The SMILES string of the molecule is C[C@H](NC(=O)OCOP(=O)(OC(C)(C)C)OC(C)(C)C)C(=O)OCc1ccccc1. The molecule has 1 aromatic rings. The first-order valence-corrected chi connectivity index (χ1v) is 11.0. The van der Waals surface area contributed by atoms with Crippen LogP contribution in [0.25, 0.3) is 0 Å². The second-order valence-electron chi connectivity index (χ2n) is 8.49. The molecule has 170 valence electrons. The van der Waals surface area contributed by atoms with Gasteiger partial charge in [-0.25, -0.2) is 18.7 Å². The summed E-state index contributed by atoms with van der Waals surface area (Å²) < 4.78 is 38.7. The lowest BCUT2D eigenvalue weighted by Gasteiger charge is -2.30. The lowest BCUT2D eigenvalue weighted by atomic mass is 10.2. The third kappa shape index (κ3) is 11.3. The summed E-state index contributed by atoms with van der Waals surface area (Å²) >= 11 is 0. The fraction of sp³-hybridized carbons (Fsp3) is 0.600. The van der Waals surface area contributed by atoms with Crippen LogP contribution in [0.1, 0.15) is 54.0 Å². The van der Waals surface area contributed by atoms with Crippen LogP contribution >= 0.6 is 7.82 Å². The molecular weight excluding hydrogens is 413 g/mol. The quantitative estimate of drug-likeness (QED) is 0.335. The van der Waals surface area contributed by atoms with Crippen molar-refractivity contribution >= 4 is 19.9 Å². The third-order valence-electron chi connectivity index (χ3n) is 3.08. The molecule has 9 nitrogen and oxygen atoms in total. The molecule has 1 atom stereocenters. The lowest BCUT2D eigenvalue weighted by molar-refractivity contribution is -0.147. The van der Waals surface area contributed by atoms with E-state index < -0.39 is 43.9 Å². The minimum Gasteiger partial charge on any atom is -0.459 e. The highest BCUT2D eigenvalue weighted by Gasteiger charge is 2.37. The maximum absolute atomic E-state index is 12.8. The summed E-state index contributed by atoms with van der Waals surface area (Å²) in [5.74, 6) is -0.630. The number of rotatable bonds is 9. The molecule has 0 heterocycles. The number of ether oxygens (including phenoxy) is 2. The normalized spacial score (nSPS) is 13.4. The van der Waals surface area contributed by atoms with Crippen molar-refractivity contribution in [2.75, 3.05) is 6.79 Å². The van der Waals surface area contributed by atoms with Gasteiger partial charge in [0, 0.05) is 0 Å². The predicted molar refractivity (Wildman–Crippen MR) is 111 cm³/mol. The molecule has 0 saturated heterocycles. The number of hydrogen-bond acceptors (Lipinski definition) is 8. The molecule has 1 rings (SSSR count). The molecule has 0 spiro atoms. The summed E-state index contributed by atoms with van der Waals surface area (Å²) in [6.45, 7) is 11.0. The van der Waals surface area contributed by atoms with Gasteiger partial charge in [-0.2, -0.15) is 0 Å². The van der Waals surface area contributed by atoms with E-state index in [4.69, 9.17) is 23.0 Å². The third-order valence-corrected chi connectivity index (χ3v) is 5.05. The number of benzene rings is 1. The molecule has 10 heteroatoms. The first-order chi connectivity index (χ1) is 13.7. The monoisotopic (exact) mass is 445 g/mol. The van der Waals surface area contributed by atoms with Crippen LogP contribution in [0.15, 0.2) is 30.3 Å². The van der Waals surface area contributed by atoms with Gasteiger partial charge in [0.15, 0.2) is 0 Å². The van der Waals surface area contributed by atoms with E-state index in [0.717, 1.165) is 5.56 Å². The van der Waals surface area contributed by atoms with Crippen LogP contribution in [0.2, 0.25) is 0 Å². The number of amides is 1. The molecule has 0 aliphatic rings. The van der Waals surface area contributed by atoms with Crippen LogP contribution in [0.3, 0.4) is 0 Å². The largest absolute Gasteiger partial charge is 0.478 e. The van der Waals surface area contributed by atoms with Gasteiger partial charge >= 0.3 is 19.9 Å². The molecule has 0 radical (unpaired) electrons. The average molecular weight is 445 g/mol. The van der Waals surface area contributed by atoms with E-state index in [-0.39, 0.29) is 6.61 Å². The summed E-state index contributed by atoms with van der Waals surface area (Å²) in [5, 5.41) is 2.31. The fourth-order valence-corrected chi connectivity index (χ4v) is 3.68. The Kier molecular flexibility index (Phi) is 9.49. The smallest absolute Gasteiger partial charge is 0.459 e. The standard InChI is InChI=1S/C20H32NO8P/c1-15(17(22)25-13-16-11-9-8-10-12-16)21-18(23)26-14-27-30(24,28-19(2,3)4)29-20(5,6)7/h8-12,15H,13-14H2,1-7H3,(H,21,23)/t15-/m0/s1. The second kappa shape index (κ2) is 10.9. The topological polar surface area (TPSA) is 109 Å². The van der Waals surface area contributed by atoms with E-state index in [1.807, 2.05) is 30.3 Å². The van der Waals surface area contributed by atoms with E-state index >= 15 is 0 Å². The molecule has 1 aromatic carbocycles. The zero-order valence-corrected chi connectivity index (χ0v) is 19.5. The van der Waals surface area contributed by atoms with Crippen molar-refractivity contribution in [2.45, 2.75) is 72.3 Å². The highest BCUT2D eigenvalue weighted by Crippen LogP contribution is 2.55. The van der Waals surface area contributed by atoms with Gasteiger partial charge in [0.05, 0.1) is 11.2 Å². The minimum absolute atomic E-state index is 0.0846. The Labute approximate surface area is 178 Å². The summed E-state index contributed by atoms with van der Waals surface area (Å²) in [6, 6.07) is 8.18. The van der Waals surface area contributed by atoms with Crippen LogP contribution in [0.4, 0.5) is 4.79 Å². The summed E-state index contributed by atoms with van der Waals surface area (Å²) in [5.41, 5.74) is -0.817. The number of esters is 1.